The third-order valence-corrected chi connectivity index (χ3v) is 5.29. The van der Waals surface area contributed by atoms with E-state index in [4.69, 9.17) is 9.47 Å². The first-order valence-corrected chi connectivity index (χ1v) is 11.2. The second-order valence-electron chi connectivity index (χ2n) is 7.54. The van der Waals surface area contributed by atoms with Gasteiger partial charge in [0.25, 0.3) is 5.91 Å². The van der Waals surface area contributed by atoms with Crippen molar-refractivity contribution in [2.75, 3.05) is 70.7 Å². The Bertz CT molecular complexity index is 885. The number of hydrogen-bond donors (Lipinski definition) is 1. The van der Waals surface area contributed by atoms with Crippen LogP contribution in [0, 0.1) is 0 Å². The molecular formula is C25H31F2N3O3. The van der Waals surface area contributed by atoms with Gasteiger partial charge in [-0.3, -0.25) is 9.69 Å². The Morgan fingerprint density at radius 3 is 2.33 bits per heavy atom. The number of rotatable bonds is 12. The van der Waals surface area contributed by atoms with Crippen LogP contribution in [-0.2, 0) is 0 Å². The van der Waals surface area contributed by atoms with Gasteiger partial charge < -0.3 is 19.7 Å². The maximum atomic E-state index is 12.5. The van der Waals surface area contributed by atoms with Gasteiger partial charge in [-0.2, -0.15) is 0 Å². The predicted octanol–water partition coefficient (Wildman–Crippen LogP) is 3.49. The van der Waals surface area contributed by atoms with E-state index in [-0.39, 0.29) is 19.1 Å². The van der Waals surface area contributed by atoms with E-state index < -0.39 is 13.3 Å². The van der Waals surface area contributed by atoms with Crippen LogP contribution in [0.1, 0.15) is 10.4 Å². The lowest BCUT2D eigenvalue weighted by molar-refractivity contribution is 0.0958. The van der Waals surface area contributed by atoms with Gasteiger partial charge in [0.2, 0.25) is 0 Å². The van der Waals surface area contributed by atoms with E-state index in [0.717, 1.165) is 44.2 Å². The lowest BCUT2D eigenvalue weighted by Gasteiger charge is -2.36. The molecule has 0 spiro atoms. The molecule has 3 rings (SSSR count). The maximum absolute atomic E-state index is 12.5. The molecule has 1 N–H and O–H groups in total. The second kappa shape index (κ2) is 13.4. The molecule has 0 aromatic heterocycles. The summed E-state index contributed by atoms with van der Waals surface area (Å²) in [6.45, 7) is 3.83. The molecule has 2 aromatic rings. The van der Waals surface area contributed by atoms with E-state index >= 15 is 0 Å². The van der Waals surface area contributed by atoms with Gasteiger partial charge in [-0.05, 0) is 36.4 Å². The van der Waals surface area contributed by atoms with Crippen molar-refractivity contribution in [1.29, 1.82) is 0 Å². The number of nitrogens with zero attached hydrogens (tertiary/aromatic N) is 2. The molecule has 0 aliphatic carbocycles. The van der Waals surface area contributed by atoms with Gasteiger partial charge in [-0.1, -0.05) is 24.3 Å². The van der Waals surface area contributed by atoms with Gasteiger partial charge in [-0.25, -0.2) is 8.78 Å². The first kappa shape index (κ1) is 24.5. The third-order valence-electron chi connectivity index (χ3n) is 5.29. The number of benzene rings is 2. The van der Waals surface area contributed by atoms with Crippen LogP contribution < -0.4 is 19.7 Å². The molecule has 1 aliphatic heterocycles. The van der Waals surface area contributed by atoms with E-state index in [9.17, 15) is 13.6 Å². The van der Waals surface area contributed by atoms with E-state index in [0.29, 0.717) is 17.9 Å². The Balaban J connectivity index is 1.36. The predicted molar refractivity (Wildman–Crippen MR) is 126 cm³/mol. The molecule has 1 amide bonds. The lowest BCUT2D eigenvalue weighted by atomic mass is 10.2. The van der Waals surface area contributed by atoms with Crippen molar-refractivity contribution < 1.29 is 23.0 Å². The first-order chi connectivity index (χ1) is 16.2. The van der Waals surface area contributed by atoms with Crippen LogP contribution in [0.4, 0.5) is 14.5 Å². The highest BCUT2D eigenvalue weighted by molar-refractivity contribution is 5.94. The topological polar surface area (TPSA) is 54.0 Å². The van der Waals surface area contributed by atoms with E-state index in [1.807, 2.05) is 30.3 Å². The van der Waals surface area contributed by atoms with Crippen LogP contribution in [0.15, 0.2) is 60.7 Å². The summed E-state index contributed by atoms with van der Waals surface area (Å²) in [5.74, 6) is 1.10. The molecular weight excluding hydrogens is 428 g/mol. The number of alkyl halides is 2. The molecule has 8 heteroatoms. The number of halogens is 2. The zero-order valence-corrected chi connectivity index (χ0v) is 18.7. The molecule has 0 unspecified atom stereocenters. The molecule has 1 heterocycles. The molecule has 1 saturated heterocycles. The maximum Gasteiger partial charge on any atom is 0.251 e. The van der Waals surface area contributed by atoms with E-state index in [1.165, 1.54) is 0 Å². The Morgan fingerprint density at radius 1 is 0.909 bits per heavy atom. The molecule has 6 nitrogen and oxygen atoms in total. The Kier molecular flexibility index (Phi) is 9.97. The zero-order chi connectivity index (χ0) is 23.3. The van der Waals surface area contributed by atoms with Crippen LogP contribution in [0.5, 0.6) is 11.5 Å². The van der Waals surface area contributed by atoms with Crippen molar-refractivity contribution in [1.82, 2.24) is 10.2 Å². The summed E-state index contributed by atoms with van der Waals surface area (Å²) in [6.07, 6.45) is 4.01. The summed E-state index contributed by atoms with van der Waals surface area (Å²) in [5, 5.41) is 2.86. The molecule has 0 saturated carbocycles. The quantitative estimate of drug-likeness (QED) is 0.493. The van der Waals surface area contributed by atoms with Crippen LogP contribution in [0.25, 0.3) is 0 Å². The fraction of sp³-hybridized carbons (Fsp3) is 0.400. The van der Waals surface area contributed by atoms with Crippen molar-refractivity contribution in [3.05, 3.63) is 66.2 Å². The van der Waals surface area contributed by atoms with Gasteiger partial charge in [0.1, 0.15) is 38.1 Å². The molecule has 0 radical (unpaired) electrons. The second-order valence-corrected chi connectivity index (χ2v) is 7.54. The largest absolute Gasteiger partial charge is 0.491 e. The van der Waals surface area contributed by atoms with Crippen LogP contribution in [0.2, 0.25) is 0 Å². The first-order valence-electron chi connectivity index (χ1n) is 11.2. The van der Waals surface area contributed by atoms with Crippen molar-refractivity contribution in [2.24, 2.45) is 0 Å². The number of ether oxygens (including phenoxy) is 2. The van der Waals surface area contributed by atoms with Crippen molar-refractivity contribution >= 4 is 11.6 Å². The van der Waals surface area contributed by atoms with Crippen LogP contribution in [-0.4, -0.2) is 76.6 Å². The summed E-state index contributed by atoms with van der Waals surface area (Å²) in [4.78, 5) is 16.8. The number of carbonyl (C=O) groups excluding carboxylic acids is 1. The highest BCUT2D eigenvalue weighted by Crippen LogP contribution is 2.28. The number of anilines is 1. The molecule has 2 aromatic carbocycles. The monoisotopic (exact) mass is 459 g/mol. The minimum absolute atomic E-state index is 0.00750. The molecule has 0 atom stereocenters. The minimum Gasteiger partial charge on any atom is -0.491 e. The van der Waals surface area contributed by atoms with Gasteiger partial charge in [0.15, 0.2) is 0 Å². The van der Waals surface area contributed by atoms with Gasteiger partial charge >= 0.3 is 0 Å². The third kappa shape index (κ3) is 7.75. The highest BCUT2D eigenvalue weighted by atomic mass is 19.1. The summed E-state index contributed by atoms with van der Waals surface area (Å²) in [6, 6.07) is 14.4. The summed E-state index contributed by atoms with van der Waals surface area (Å²) >= 11 is 0. The van der Waals surface area contributed by atoms with Crippen LogP contribution >= 0.6 is 0 Å². The number of carbonyl (C=O) groups is 1. The average Bonchev–Trinajstić information content (AvgIpc) is 2.87. The number of para-hydroxylation sites is 2. The van der Waals surface area contributed by atoms with Gasteiger partial charge in [0.05, 0.1) is 5.69 Å². The SMILES string of the molecule is O=C(NC/C=C/CN1CCN(c2ccccc2OCCF)CC1)c1ccc(OCCF)cc1. The Hall–Kier alpha value is -3.13. The zero-order valence-electron chi connectivity index (χ0n) is 18.7. The smallest absolute Gasteiger partial charge is 0.251 e. The molecule has 1 fully saturated rings. The van der Waals surface area contributed by atoms with E-state index in [2.05, 4.69) is 21.2 Å². The fourth-order valence-electron chi connectivity index (χ4n) is 3.58. The summed E-state index contributed by atoms with van der Waals surface area (Å²) in [7, 11) is 0. The highest BCUT2D eigenvalue weighted by Gasteiger charge is 2.18. The Morgan fingerprint density at radius 2 is 1.61 bits per heavy atom. The minimum atomic E-state index is -0.547. The van der Waals surface area contributed by atoms with Crippen LogP contribution in [0.3, 0.4) is 0 Å². The van der Waals surface area contributed by atoms with E-state index in [1.54, 1.807) is 24.3 Å². The normalized spacial score (nSPS) is 14.4. The Labute approximate surface area is 193 Å². The average molecular weight is 460 g/mol. The summed E-state index contributed by atoms with van der Waals surface area (Å²) < 4.78 is 35.3. The lowest BCUT2D eigenvalue weighted by Crippen LogP contribution is -2.46. The van der Waals surface area contributed by atoms with Crippen molar-refractivity contribution in [3.8, 4) is 11.5 Å². The number of amides is 1. The number of nitrogens with one attached hydrogen (secondary N) is 1. The molecule has 178 valence electrons. The number of hydrogen-bond acceptors (Lipinski definition) is 5. The number of piperazine rings is 1. The van der Waals surface area contributed by atoms with Gasteiger partial charge in [-0.15, -0.1) is 0 Å². The summed E-state index contributed by atoms with van der Waals surface area (Å²) in [5.41, 5.74) is 1.54. The fourth-order valence-corrected chi connectivity index (χ4v) is 3.58. The molecule has 0 bridgehead atoms. The molecule has 1 aliphatic rings. The standard InChI is InChI=1S/C25H31F2N3O3/c26-11-19-32-22-9-7-21(8-10-22)25(31)28-13-3-4-14-29-15-17-30(18-16-29)23-5-1-2-6-24(23)33-20-12-27/h1-10H,11-20H2,(H,28,31)/b4-3+. The van der Waals surface area contributed by atoms with Gasteiger partial charge in [0, 0.05) is 44.8 Å². The van der Waals surface area contributed by atoms with Crippen molar-refractivity contribution in [3.63, 3.8) is 0 Å². The van der Waals surface area contributed by atoms with Crippen molar-refractivity contribution in [2.45, 2.75) is 0 Å². The molecule has 33 heavy (non-hydrogen) atoms.